The van der Waals surface area contributed by atoms with E-state index >= 15 is 0 Å². The van der Waals surface area contributed by atoms with Gasteiger partial charge in [0.25, 0.3) is 0 Å². The maximum Gasteiger partial charge on any atom is 0.233 e. The maximum atomic E-state index is 13.0. The van der Waals surface area contributed by atoms with Crippen LogP contribution in [0.15, 0.2) is 54.7 Å². The van der Waals surface area contributed by atoms with Crippen LogP contribution in [-0.4, -0.2) is 35.0 Å². The molecule has 1 saturated heterocycles. The predicted molar refractivity (Wildman–Crippen MR) is 87.2 cm³/mol. The summed E-state index contributed by atoms with van der Waals surface area (Å²) < 4.78 is 5.89. The predicted octanol–water partition coefficient (Wildman–Crippen LogP) is 2.79. The second-order valence-electron chi connectivity index (χ2n) is 6.40. The van der Waals surface area contributed by atoms with Crippen molar-refractivity contribution in [1.82, 2.24) is 9.88 Å². The van der Waals surface area contributed by atoms with Gasteiger partial charge in [-0.25, -0.2) is 4.98 Å². The molecule has 1 aliphatic heterocycles. The monoisotopic (exact) mass is 308 g/mol. The van der Waals surface area contributed by atoms with Crippen LogP contribution in [0.3, 0.4) is 0 Å². The van der Waals surface area contributed by atoms with Gasteiger partial charge in [0.05, 0.1) is 12.0 Å². The average molecular weight is 308 g/mol. The molecule has 1 aromatic heterocycles. The second kappa shape index (κ2) is 5.69. The van der Waals surface area contributed by atoms with Gasteiger partial charge in [-0.05, 0) is 24.5 Å². The van der Waals surface area contributed by atoms with Gasteiger partial charge < -0.3 is 9.64 Å². The first kappa shape index (κ1) is 14.2. The molecule has 1 saturated carbocycles. The van der Waals surface area contributed by atoms with Crippen LogP contribution in [0, 0.1) is 0 Å². The molecule has 0 bridgehead atoms. The number of hydrogen-bond donors (Lipinski definition) is 0. The fourth-order valence-electron chi connectivity index (χ4n) is 3.41. The van der Waals surface area contributed by atoms with Crippen LogP contribution in [0.2, 0.25) is 0 Å². The standard InChI is InChI=1S/C19H20N2O2/c22-18(19(10-11-19)15-6-2-1-3-7-15)21-13-9-16(14-21)23-17-8-4-5-12-20-17/h1-8,12,16H,9-11,13-14H2/t16-/m1/s1. The molecule has 2 heterocycles. The summed E-state index contributed by atoms with van der Waals surface area (Å²) in [7, 11) is 0. The van der Waals surface area contributed by atoms with E-state index in [0.29, 0.717) is 12.4 Å². The molecule has 1 atom stereocenters. The van der Waals surface area contributed by atoms with Crippen molar-refractivity contribution in [2.45, 2.75) is 30.8 Å². The molecule has 0 spiro atoms. The van der Waals surface area contributed by atoms with Gasteiger partial charge in [-0.2, -0.15) is 0 Å². The molecule has 4 rings (SSSR count). The van der Waals surface area contributed by atoms with E-state index in [-0.39, 0.29) is 17.4 Å². The van der Waals surface area contributed by atoms with E-state index in [2.05, 4.69) is 17.1 Å². The van der Waals surface area contributed by atoms with E-state index in [1.165, 1.54) is 0 Å². The van der Waals surface area contributed by atoms with Crippen molar-refractivity contribution >= 4 is 5.91 Å². The van der Waals surface area contributed by atoms with Crippen molar-refractivity contribution in [2.75, 3.05) is 13.1 Å². The zero-order chi connectivity index (χ0) is 15.7. The number of ether oxygens (including phenoxy) is 1. The molecule has 2 fully saturated rings. The Morgan fingerprint density at radius 3 is 2.61 bits per heavy atom. The zero-order valence-electron chi connectivity index (χ0n) is 13.0. The fourth-order valence-corrected chi connectivity index (χ4v) is 3.41. The Bertz CT molecular complexity index is 683. The molecule has 118 valence electrons. The number of benzene rings is 1. The normalized spacial score (nSPS) is 21.9. The first-order chi connectivity index (χ1) is 11.3. The minimum Gasteiger partial charge on any atom is -0.472 e. The topological polar surface area (TPSA) is 42.4 Å². The molecule has 1 amide bonds. The number of pyridine rings is 1. The van der Waals surface area contributed by atoms with Gasteiger partial charge in [0.1, 0.15) is 6.10 Å². The van der Waals surface area contributed by atoms with E-state index < -0.39 is 0 Å². The highest BCUT2D eigenvalue weighted by Crippen LogP contribution is 2.49. The Morgan fingerprint density at radius 1 is 1.13 bits per heavy atom. The summed E-state index contributed by atoms with van der Waals surface area (Å²) in [6.45, 7) is 1.43. The van der Waals surface area contributed by atoms with E-state index in [4.69, 9.17) is 4.74 Å². The number of hydrogen-bond acceptors (Lipinski definition) is 3. The first-order valence-electron chi connectivity index (χ1n) is 8.20. The lowest BCUT2D eigenvalue weighted by Crippen LogP contribution is -2.38. The summed E-state index contributed by atoms with van der Waals surface area (Å²) in [4.78, 5) is 19.1. The van der Waals surface area contributed by atoms with Gasteiger partial charge >= 0.3 is 0 Å². The van der Waals surface area contributed by atoms with Crippen LogP contribution in [0.25, 0.3) is 0 Å². The Hall–Kier alpha value is -2.36. The Balaban J connectivity index is 1.43. The van der Waals surface area contributed by atoms with Crippen LogP contribution in [0.5, 0.6) is 5.88 Å². The van der Waals surface area contributed by atoms with Gasteiger partial charge in [0, 0.05) is 25.2 Å². The molecule has 0 N–H and O–H groups in total. The number of carbonyl (C=O) groups is 1. The Kier molecular flexibility index (Phi) is 3.52. The fraction of sp³-hybridized carbons (Fsp3) is 0.368. The average Bonchev–Trinajstić information content (AvgIpc) is 3.30. The van der Waals surface area contributed by atoms with Gasteiger partial charge in [0.15, 0.2) is 0 Å². The number of carbonyl (C=O) groups excluding carboxylic acids is 1. The summed E-state index contributed by atoms with van der Waals surface area (Å²) in [5.74, 6) is 0.895. The quantitative estimate of drug-likeness (QED) is 0.872. The summed E-state index contributed by atoms with van der Waals surface area (Å²) in [6, 6.07) is 15.8. The van der Waals surface area contributed by atoms with E-state index in [0.717, 1.165) is 31.4 Å². The third-order valence-corrected chi connectivity index (χ3v) is 4.84. The van der Waals surface area contributed by atoms with Crippen molar-refractivity contribution < 1.29 is 9.53 Å². The summed E-state index contributed by atoms with van der Waals surface area (Å²) >= 11 is 0. The van der Waals surface area contributed by atoms with Crippen LogP contribution in [-0.2, 0) is 10.2 Å². The number of rotatable bonds is 4. The van der Waals surface area contributed by atoms with Crippen LogP contribution >= 0.6 is 0 Å². The SMILES string of the molecule is O=C(N1CC[C@@H](Oc2ccccn2)C1)C1(c2ccccc2)CC1. The maximum absolute atomic E-state index is 13.0. The minimum absolute atomic E-state index is 0.0421. The van der Waals surface area contributed by atoms with Crippen molar-refractivity contribution in [2.24, 2.45) is 0 Å². The van der Waals surface area contributed by atoms with Gasteiger partial charge in [-0.3, -0.25) is 4.79 Å². The number of likely N-dealkylation sites (tertiary alicyclic amines) is 1. The van der Waals surface area contributed by atoms with E-state index in [9.17, 15) is 4.79 Å². The molecule has 1 aromatic carbocycles. The van der Waals surface area contributed by atoms with Crippen molar-refractivity contribution in [3.8, 4) is 5.88 Å². The van der Waals surface area contributed by atoms with E-state index in [1.807, 2.05) is 41.3 Å². The number of nitrogens with zero attached hydrogens (tertiary/aromatic N) is 2. The molecule has 4 heteroatoms. The van der Waals surface area contributed by atoms with Crippen LogP contribution in [0.4, 0.5) is 0 Å². The molecule has 0 unspecified atom stereocenters. The molecule has 2 aromatic rings. The van der Waals surface area contributed by atoms with Crippen LogP contribution < -0.4 is 4.74 Å². The first-order valence-corrected chi connectivity index (χ1v) is 8.20. The Morgan fingerprint density at radius 2 is 1.91 bits per heavy atom. The van der Waals surface area contributed by atoms with Gasteiger partial charge in [-0.1, -0.05) is 36.4 Å². The molecular weight excluding hydrogens is 288 g/mol. The highest BCUT2D eigenvalue weighted by molar-refractivity contribution is 5.91. The van der Waals surface area contributed by atoms with Crippen molar-refractivity contribution in [3.63, 3.8) is 0 Å². The molecule has 23 heavy (non-hydrogen) atoms. The summed E-state index contributed by atoms with van der Waals surface area (Å²) in [5, 5.41) is 0. The lowest BCUT2D eigenvalue weighted by Gasteiger charge is -2.23. The largest absolute Gasteiger partial charge is 0.472 e. The van der Waals surface area contributed by atoms with E-state index in [1.54, 1.807) is 6.20 Å². The molecule has 0 radical (unpaired) electrons. The summed E-state index contributed by atoms with van der Waals surface area (Å²) in [5.41, 5.74) is 0.875. The molecular formula is C19H20N2O2. The second-order valence-corrected chi connectivity index (χ2v) is 6.40. The summed E-state index contributed by atoms with van der Waals surface area (Å²) in [6.07, 6.45) is 4.55. The third-order valence-electron chi connectivity index (χ3n) is 4.84. The lowest BCUT2D eigenvalue weighted by atomic mass is 9.94. The van der Waals surface area contributed by atoms with Crippen molar-refractivity contribution in [3.05, 3.63) is 60.3 Å². The number of aromatic nitrogens is 1. The Labute approximate surface area is 136 Å². The minimum atomic E-state index is -0.277. The highest BCUT2D eigenvalue weighted by atomic mass is 16.5. The van der Waals surface area contributed by atoms with Crippen LogP contribution in [0.1, 0.15) is 24.8 Å². The zero-order valence-corrected chi connectivity index (χ0v) is 13.0. The smallest absolute Gasteiger partial charge is 0.233 e. The number of amides is 1. The highest BCUT2D eigenvalue weighted by Gasteiger charge is 2.53. The molecule has 1 aliphatic carbocycles. The van der Waals surface area contributed by atoms with Gasteiger partial charge in [-0.15, -0.1) is 0 Å². The third kappa shape index (κ3) is 2.69. The van der Waals surface area contributed by atoms with Crippen molar-refractivity contribution in [1.29, 1.82) is 0 Å². The molecule has 2 aliphatic rings. The van der Waals surface area contributed by atoms with Gasteiger partial charge in [0.2, 0.25) is 11.8 Å². The lowest BCUT2D eigenvalue weighted by molar-refractivity contribution is -0.133. The molecule has 4 nitrogen and oxygen atoms in total.